The van der Waals surface area contributed by atoms with E-state index in [9.17, 15) is 0 Å². The molecule has 0 atom stereocenters. The van der Waals surface area contributed by atoms with E-state index in [0.29, 0.717) is 6.61 Å². The van der Waals surface area contributed by atoms with Crippen LogP contribution in [-0.4, -0.2) is 36.9 Å². The van der Waals surface area contributed by atoms with E-state index < -0.39 is 0 Å². The molecule has 0 fully saturated rings. The highest BCUT2D eigenvalue weighted by molar-refractivity contribution is 4.69. The van der Waals surface area contributed by atoms with Crippen LogP contribution in [-0.2, 0) is 0 Å². The minimum atomic E-state index is 0.237. The van der Waals surface area contributed by atoms with Crippen molar-refractivity contribution in [1.82, 2.24) is 10.6 Å². The standard InChI is InChI=1S/C12H28N2O/c1-12(2,3)14-10-7-9-13-8-5-4-6-11-15/h13-15H,4-11H2,1-3H3. The molecule has 0 radical (unpaired) electrons. The molecule has 0 rings (SSSR count). The van der Waals surface area contributed by atoms with Crippen molar-refractivity contribution in [2.45, 2.75) is 52.0 Å². The zero-order valence-electron chi connectivity index (χ0n) is 10.6. The monoisotopic (exact) mass is 216 g/mol. The minimum Gasteiger partial charge on any atom is -0.396 e. The minimum absolute atomic E-state index is 0.237. The third kappa shape index (κ3) is 13.9. The van der Waals surface area contributed by atoms with E-state index in [1.54, 1.807) is 0 Å². The largest absolute Gasteiger partial charge is 0.396 e. The molecule has 0 unspecified atom stereocenters. The highest BCUT2D eigenvalue weighted by Gasteiger charge is 2.06. The van der Waals surface area contributed by atoms with Crippen molar-refractivity contribution in [2.24, 2.45) is 0 Å². The Morgan fingerprint density at radius 2 is 1.53 bits per heavy atom. The highest BCUT2D eigenvalue weighted by atomic mass is 16.2. The lowest BCUT2D eigenvalue weighted by molar-refractivity contribution is 0.283. The number of unbranched alkanes of at least 4 members (excludes halogenated alkanes) is 2. The molecule has 0 spiro atoms. The van der Waals surface area contributed by atoms with Gasteiger partial charge in [-0.3, -0.25) is 0 Å². The molecule has 15 heavy (non-hydrogen) atoms. The number of hydrogen-bond donors (Lipinski definition) is 3. The maximum atomic E-state index is 8.59. The molecule has 92 valence electrons. The van der Waals surface area contributed by atoms with Crippen LogP contribution in [0.5, 0.6) is 0 Å². The number of rotatable bonds is 9. The Labute approximate surface area is 94.6 Å². The second-order valence-electron chi connectivity index (χ2n) is 5.06. The number of aliphatic hydroxyl groups is 1. The fourth-order valence-electron chi connectivity index (χ4n) is 1.34. The lowest BCUT2D eigenvalue weighted by atomic mass is 10.1. The molecule has 3 nitrogen and oxygen atoms in total. The number of aliphatic hydroxyl groups excluding tert-OH is 1. The van der Waals surface area contributed by atoms with Gasteiger partial charge in [-0.2, -0.15) is 0 Å². The van der Waals surface area contributed by atoms with E-state index in [-0.39, 0.29) is 5.54 Å². The summed E-state index contributed by atoms with van der Waals surface area (Å²) in [4.78, 5) is 0. The average Bonchev–Trinajstić information content (AvgIpc) is 2.14. The Balaban J connectivity index is 2.99. The molecule has 0 amide bonds. The zero-order chi connectivity index (χ0) is 11.6. The van der Waals surface area contributed by atoms with E-state index >= 15 is 0 Å². The molecular formula is C12H28N2O. The van der Waals surface area contributed by atoms with Gasteiger partial charge in [-0.25, -0.2) is 0 Å². The Bertz CT molecular complexity index is 132. The van der Waals surface area contributed by atoms with Crippen LogP contribution < -0.4 is 10.6 Å². The molecule has 0 aromatic heterocycles. The van der Waals surface area contributed by atoms with Crippen molar-refractivity contribution in [1.29, 1.82) is 0 Å². The normalized spacial score (nSPS) is 12.0. The van der Waals surface area contributed by atoms with Crippen LogP contribution in [0.4, 0.5) is 0 Å². The Morgan fingerprint density at radius 3 is 2.13 bits per heavy atom. The van der Waals surface area contributed by atoms with Crippen LogP contribution in [0.25, 0.3) is 0 Å². The van der Waals surface area contributed by atoms with Gasteiger partial charge >= 0.3 is 0 Å². The van der Waals surface area contributed by atoms with Crippen molar-refractivity contribution in [2.75, 3.05) is 26.2 Å². The van der Waals surface area contributed by atoms with Crippen molar-refractivity contribution in [3.8, 4) is 0 Å². The summed E-state index contributed by atoms with van der Waals surface area (Å²) in [5.41, 5.74) is 0.237. The zero-order valence-corrected chi connectivity index (χ0v) is 10.6. The van der Waals surface area contributed by atoms with Crippen molar-refractivity contribution < 1.29 is 5.11 Å². The van der Waals surface area contributed by atoms with E-state index in [2.05, 4.69) is 31.4 Å². The van der Waals surface area contributed by atoms with E-state index in [4.69, 9.17) is 5.11 Å². The summed E-state index contributed by atoms with van der Waals surface area (Å²) in [6.45, 7) is 10.1. The fraction of sp³-hybridized carbons (Fsp3) is 1.00. The van der Waals surface area contributed by atoms with Crippen LogP contribution in [0, 0.1) is 0 Å². The molecular weight excluding hydrogens is 188 g/mol. The second-order valence-corrected chi connectivity index (χ2v) is 5.06. The third-order valence-corrected chi connectivity index (χ3v) is 2.20. The molecule has 0 bridgehead atoms. The molecule has 0 aliphatic rings. The van der Waals surface area contributed by atoms with Gasteiger partial charge in [0.25, 0.3) is 0 Å². The smallest absolute Gasteiger partial charge is 0.0431 e. The maximum absolute atomic E-state index is 8.59. The van der Waals surface area contributed by atoms with Gasteiger partial charge in [0, 0.05) is 12.1 Å². The predicted molar refractivity (Wildman–Crippen MR) is 66.2 cm³/mol. The fourth-order valence-corrected chi connectivity index (χ4v) is 1.34. The molecule has 3 heteroatoms. The van der Waals surface area contributed by atoms with Crippen LogP contribution in [0.15, 0.2) is 0 Å². The quantitative estimate of drug-likeness (QED) is 0.512. The first-order valence-electron chi connectivity index (χ1n) is 6.13. The molecule has 0 aliphatic heterocycles. The second kappa shape index (κ2) is 9.13. The summed E-state index contributed by atoms with van der Waals surface area (Å²) in [7, 11) is 0. The van der Waals surface area contributed by atoms with Gasteiger partial charge in [-0.05, 0) is 66.1 Å². The summed E-state index contributed by atoms with van der Waals surface area (Å²) >= 11 is 0. The van der Waals surface area contributed by atoms with E-state index in [1.165, 1.54) is 12.8 Å². The Kier molecular flexibility index (Phi) is 9.06. The van der Waals surface area contributed by atoms with Gasteiger partial charge in [0.05, 0.1) is 0 Å². The van der Waals surface area contributed by atoms with Gasteiger partial charge in [0.1, 0.15) is 0 Å². The third-order valence-electron chi connectivity index (χ3n) is 2.20. The van der Waals surface area contributed by atoms with E-state index in [0.717, 1.165) is 32.5 Å². The number of nitrogens with one attached hydrogen (secondary N) is 2. The molecule has 0 aliphatic carbocycles. The molecule has 0 aromatic rings. The topological polar surface area (TPSA) is 44.3 Å². The Morgan fingerprint density at radius 1 is 0.867 bits per heavy atom. The van der Waals surface area contributed by atoms with Crippen molar-refractivity contribution in [3.05, 3.63) is 0 Å². The summed E-state index contributed by atoms with van der Waals surface area (Å²) in [5.74, 6) is 0. The SMILES string of the molecule is CC(C)(C)NCCCNCCCCCO. The van der Waals surface area contributed by atoms with Gasteiger partial charge in [0.2, 0.25) is 0 Å². The highest BCUT2D eigenvalue weighted by Crippen LogP contribution is 1.97. The Hall–Kier alpha value is -0.120. The first kappa shape index (κ1) is 14.9. The molecule has 0 saturated heterocycles. The first-order chi connectivity index (χ1) is 7.06. The van der Waals surface area contributed by atoms with E-state index in [1.807, 2.05) is 0 Å². The predicted octanol–water partition coefficient (Wildman–Crippen LogP) is 1.52. The molecule has 0 heterocycles. The van der Waals surface area contributed by atoms with Crippen LogP contribution in [0.1, 0.15) is 46.5 Å². The van der Waals surface area contributed by atoms with Gasteiger partial charge in [-0.1, -0.05) is 0 Å². The summed E-state index contributed by atoms with van der Waals surface area (Å²) < 4.78 is 0. The maximum Gasteiger partial charge on any atom is 0.0431 e. The van der Waals surface area contributed by atoms with Crippen LogP contribution in [0.3, 0.4) is 0 Å². The lowest BCUT2D eigenvalue weighted by Gasteiger charge is -2.20. The average molecular weight is 216 g/mol. The van der Waals surface area contributed by atoms with Crippen LogP contribution >= 0.6 is 0 Å². The summed E-state index contributed by atoms with van der Waals surface area (Å²) in [6, 6.07) is 0. The van der Waals surface area contributed by atoms with Gasteiger partial charge < -0.3 is 15.7 Å². The van der Waals surface area contributed by atoms with Crippen molar-refractivity contribution >= 4 is 0 Å². The number of hydrogen-bond acceptors (Lipinski definition) is 3. The first-order valence-corrected chi connectivity index (χ1v) is 6.13. The summed E-state index contributed by atoms with van der Waals surface area (Å²) in [5, 5.41) is 15.5. The van der Waals surface area contributed by atoms with Gasteiger partial charge in [0.15, 0.2) is 0 Å². The summed E-state index contributed by atoms with van der Waals surface area (Å²) in [6.07, 6.45) is 4.42. The molecule has 0 aromatic carbocycles. The van der Waals surface area contributed by atoms with Crippen molar-refractivity contribution in [3.63, 3.8) is 0 Å². The lowest BCUT2D eigenvalue weighted by Crippen LogP contribution is -2.37. The van der Waals surface area contributed by atoms with Crippen LogP contribution in [0.2, 0.25) is 0 Å². The molecule has 0 saturated carbocycles. The van der Waals surface area contributed by atoms with Gasteiger partial charge in [-0.15, -0.1) is 0 Å². The molecule has 3 N–H and O–H groups in total.